The monoisotopic (exact) mass is 361 g/mol. The predicted octanol–water partition coefficient (Wildman–Crippen LogP) is 4.39. The van der Waals surface area contributed by atoms with Gasteiger partial charge in [-0.15, -0.1) is 0 Å². The van der Waals surface area contributed by atoms with Crippen LogP contribution in [0.25, 0.3) is 0 Å². The van der Waals surface area contributed by atoms with Gasteiger partial charge in [-0.05, 0) is 42.7 Å². The van der Waals surface area contributed by atoms with E-state index in [4.69, 9.17) is 4.74 Å². The zero-order valence-corrected chi connectivity index (χ0v) is 15.3. The number of carbonyl (C=O) groups is 1. The van der Waals surface area contributed by atoms with Crippen molar-refractivity contribution in [3.8, 4) is 5.75 Å². The van der Waals surface area contributed by atoms with Crippen molar-refractivity contribution >= 4 is 17.4 Å². The third-order valence-corrected chi connectivity index (χ3v) is 4.17. The zero-order valence-electron chi connectivity index (χ0n) is 15.3. The molecule has 0 bridgehead atoms. The molecule has 1 amide bonds. The fourth-order valence-electron chi connectivity index (χ4n) is 2.76. The van der Waals surface area contributed by atoms with E-state index in [1.165, 1.54) is 5.56 Å². The number of hydrogen-bond donors (Lipinski definition) is 2. The molecule has 3 rings (SSSR count). The van der Waals surface area contributed by atoms with Gasteiger partial charge in [-0.2, -0.15) is 0 Å². The van der Waals surface area contributed by atoms with E-state index in [9.17, 15) is 4.79 Å². The van der Waals surface area contributed by atoms with Gasteiger partial charge in [0, 0.05) is 6.54 Å². The Bertz CT molecular complexity index is 864. The quantitative estimate of drug-likeness (QED) is 0.584. The lowest BCUT2D eigenvalue weighted by molar-refractivity contribution is 0.102. The Morgan fingerprint density at radius 1 is 1.00 bits per heavy atom. The van der Waals surface area contributed by atoms with Crippen LogP contribution in [0, 0.1) is 0 Å². The molecular formula is C22H23N3O2. The highest BCUT2D eigenvalue weighted by Crippen LogP contribution is 2.19. The number of rotatable bonds is 8. The number of hydrogen-bond acceptors (Lipinski definition) is 4. The van der Waals surface area contributed by atoms with Crippen LogP contribution in [0.5, 0.6) is 5.75 Å². The van der Waals surface area contributed by atoms with E-state index in [2.05, 4.69) is 39.9 Å². The number of nitrogens with zero attached hydrogens (tertiary/aromatic N) is 1. The summed E-state index contributed by atoms with van der Waals surface area (Å²) in [5, 5.41) is 6.14. The summed E-state index contributed by atoms with van der Waals surface area (Å²) in [7, 11) is 1.54. The predicted molar refractivity (Wildman–Crippen MR) is 108 cm³/mol. The van der Waals surface area contributed by atoms with Crippen LogP contribution in [0.3, 0.4) is 0 Å². The van der Waals surface area contributed by atoms with Crippen LogP contribution in [0.4, 0.5) is 11.5 Å². The second-order valence-corrected chi connectivity index (χ2v) is 6.10. The van der Waals surface area contributed by atoms with Gasteiger partial charge in [0.15, 0.2) is 0 Å². The van der Waals surface area contributed by atoms with Gasteiger partial charge < -0.3 is 15.4 Å². The maximum atomic E-state index is 12.4. The molecule has 0 atom stereocenters. The number of anilines is 2. The van der Waals surface area contributed by atoms with Gasteiger partial charge in [-0.1, -0.05) is 42.5 Å². The molecule has 0 saturated carbocycles. The summed E-state index contributed by atoms with van der Waals surface area (Å²) in [4.78, 5) is 16.7. The van der Waals surface area contributed by atoms with Crippen molar-refractivity contribution in [3.63, 3.8) is 0 Å². The normalized spacial score (nSPS) is 10.3. The van der Waals surface area contributed by atoms with Crippen molar-refractivity contribution in [2.24, 2.45) is 0 Å². The molecule has 1 heterocycles. The van der Waals surface area contributed by atoms with Crippen molar-refractivity contribution in [2.75, 3.05) is 24.3 Å². The van der Waals surface area contributed by atoms with Crippen molar-refractivity contribution in [1.29, 1.82) is 0 Å². The van der Waals surface area contributed by atoms with Gasteiger partial charge in [0.05, 0.1) is 24.6 Å². The molecule has 3 aromatic rings. The van der Waals surface area contributed by atoms with Crippen LogP contribution in [-0.4, -0.2) is 24.5 Å². The first-order valence-corrected chi connectivity index (χ1v) is 8.94. The van der Waals surface area contributed by atoms with Crippen molar-refractivity contribution in [1.82, 2.24) is 4.98 Å². The largest absolute Gasteiger partial charge is 0.496 e. The van der Waals surface area contributed by atoms with E-state index in [1.807, 2.05) is 18.2 Å². The number of para-hydroxylation sites is 1. The third-order valence-electron chi connectivity index (χ3n) is 4.17. The number of benzene rings is 2. The first-order chi connectivity index (χ1) is 13.3. The number of pyridine rings is 1. The van der Waals surface area contributed by atoms with Gasteiger partial charge in [-0.3, -0.25) is 4.79 Å². The van der Waals surface area contributed by atoms with E-state index in [-0.39, 0.29) is 5.91 Å². The zero-order chi connectivity index (χ0) is 18.9. The minimum atomic E-state index is -0.247. The maximum absolute atomic E-state index is 12.4. The van der Waals surface area contributed by atoms with E-state index in [0.717, 1.165) is 25.1 Å². The van der Waals surface area contributed by atoms with Crippen LogP contribution in [-0.2, 0) is 6.42 Å². The summed E-state index contributed by atoms with van der Waals surface area (Å²) in [5.41, 5.74) is 2.75. The summed E-state index contributed by atoms with van der Waals surface area (Å²) in [6, 6.07) is 21.2. The Labute approximate surface area is 159 Å². The molecule has 0 spiro atoms. The molecule has 0 radical (unpaired) electrons. The lowest BCUT2D eigenvalue weighted by Gasteiger charge is -2.10. The maximum Gasteiger partial charge on any atom is 0.260 e. The molecule has 1 aromatic heterocycles. The topological polar surface area (TPSA) is 63.2 Å². The summed E-state index contributed by atoms with van der Waals surface area (Å²) in [5.74, 6) is 0.788. The van der Waals surface area contributed by atoms with Crippen molar-refractivity contribution in [2.45, 2.75) is 12.8 Å². The minimum Gasteiger partial charge on any atom is -0.496 e. The van der Waals surface area contributed by atoms with E-state index >= 15 is 0 Å². The number of ether oxygens (including phenoxy) is 1. The average Bonchev–Trinajstić information content (AvgIpc) is 2.73. The molecule has 2 N–H and O–H groups in total. The van der Waals surface area contributed by atoms with Gasteiger partial charge in [0.25, 0.3) is 5.91 Å². The van der Waals surface area contributed by atoms with Crippen LogP contribution in [0.2, 0.25) is 0 Å². The van der Waals surface area contributed by atoms with Gasteiger partial charge >= 0.3 is 0 Å². The second-order valence-electron chi connectivity index (χ2n) is 6.10. The van der Waals surface area contributed by atoms with Gasteiger partial charge in [0.2, 0.25) is 0 Å². The highest BCUT2D eigenvalue weighted by atomic mass is 16.5. The molecule has 5 heteroatoms. The molecular weight excluding hydrogens is 338 g/mol. The Hall–Kier alpha value is -3.34. The summed E-state index contributed by atoms with van der Waals surface area (Å²) in [6.07, 6.45) is 3.80. The lowest BCUT2D eigenvalue weighted by Crippen LogP contribution is -2.14. The molecule has 138 valence electrons. The van der Waals surface area contributed by atoms with Crippen molar-refractivity contribution < 1.29 is 9.53 Å². The smallest absolute Gasteiger partial charge is 0.260 e. The summed E-state index contributed by atoms with van der Waals surface area (Å²) < 4.78 is 5.22. The molecule has 0 fully saturated rings. The first-order valence-electron chi connectivity index (χ1n) is 8.94. The molecule has 27 heavy (non-hydrogen) atoms. The van der Waals surface area contributed by atoms with Crippen LogP contribution < -0.4 is 15.4 Å². The molecule has 2 aromatic carbocycles. The molecule has 0 aliphatic carbocycles. The molecule has 0 aliphatic rings. The Morgan fingerprint density at radius 2 is 1.78 bits per heavy atom. The fourth-order valence-corrected chi connectivity index (χ4v) is 2.76. The van der Waals surface area contributed by atoms with Crippen LogP contribution >= 0.6 is 0 Å². The van der Waals surface area contributed by atoms with Crippen LogP contribution in [0.1, 0.15) is 22.3 Å². The highest BCUT2D eigenvalue weighted by molar-refractivity contribution is 6.05. The molecule has 5 nitrogen and oxygen atoms in total. The van der Waals surface area contributed by atoms with E-state index in [0.29, 0.717) is 17.1 Å². The number of aromatic nitrogens is 1. The fraction of sp³-hybridized carbons (Fsp3) is 0.182. The average molecular weight is 361 g/mol. The number of nitrogens with one attached hydrogen (secondary N) is 2. The van der Waals surface area contributed by atoms with Crippen molar-refractivity contribution in [3.05, 3.63) is 84.1 Å². The van der Waals surface area contributed by atoms with Gasteiger partial charge in [-0.25, -0.2) is 4.98 Å². The van der Waals surface area contributed by atoms with Gasteiger partial charge in [0.1, 0.15) is 11.6 Å². The standard InChI is InChI=1S/C22H23N3O2/c1-27-20-12-6-5-11-19(20)22(26)25-21-14-13-18(16-24-21)23-15-7-10-17-8-3-2-4-9-17/h2-6,8-9,11-14,16,23H,7,10,15H2,1H3,(H,24,25,26). The molecule has 0 saturated heterocycles. The number of methoxy groups -OCH3 is 1. The SMILES string of the molecule is COc1ccccc1C(=O)Nc1ccc(NCCCc2ccccc2)cn1. The Kier molecular flexibility index (Phi) is 6.41. The summed E-state index contributed by atoms with van der Waals surface area (Å²) >= 11 is 0. The Morgan fingerprint density at radius 3 is 2.52 bits per heavy atom. The summed E-state index contributed by atoms with van der Waals surface area (Å²) in [6.45, 7) is 0.865. The van der Waals surface area contributed by atoms with E-state index < -0.39 is 0 Å². The van der Waals surface area contributed by atoms with E-state index in [1.54, 1.807) is 37.6 Å². The third kappa shape index (κ3) is 5.31. The number of carbonyl (C=O) groups excluding carboxylic acids is 1. The van der Waals surface area contributed by atoms with Crippen LogP contribution in [0.15, 0.2) is 72.9 Å². The highest BCUT2D eigenvalue weighted by Gasteiger charge is 2.11. The molecule has 0 aliphatic heterocycles. The Balaban J connectivity index is 1.49. The lowest BCUT2D eigenvalue weighted by atomic mass is 10.1. The minimum absolute atomic E-state index is 0.247. The second kappa shape index (κ2) is 9.38. The first kappa shape index (κ1) is 18.5. The number of amides is 1. The molecule has 0 unspecified atom stereocenters. The number of aryl methyl sites for hydroxylation is 1.